The Morgan fingerprint density at radius 2 is 1.87 bits per heavy atom. The fourth-order valence-electron chi connectivity index (χ4n) is 1.42. The fraction of sp³-hybridized carbons (Fsp3) is 0. The van der Waals surface area contributed by atoms with E-state index >= 15 is 0 Å². The first-order valence-electron chi connectivity index (χ1n) is 4.59. The molecule has 0 radical (unpaired) electrons. The van der Waals surface area contributed by atoms with E-state index in [9.17, 15) is 0 Å². The maximum Gasteiger partial charge on any atom is 0.0790 e. The zero-order valence-electron chi connectivity index (χ0n) is 8.04. The van der Waals surface area contributed by atoms with Crippen molar-refractivity contribution in [1.82, 2.24) is 4.98 Å². The SMILES string of the molecule is O/N=C/c1cccnc1-c1ccccc1. The molecule has 0 fully saturated rings. The quantitative estimate of drug-likeness (QED) is 0.458. The van der Waals surface area contributed by atoms with Crippen LogP contribution in [0.25, 0.3) is 11.3 Å². The summed E-state index contributed by atoms with van der Waals surface area (Å²) in [7, 11) is 0. The van der Waals surface area contributed by atoms with Crippen LogP contribution >= 0.6 is 0 Å². The molecule has 0 aliphatic heterocycles. The molecule has 0 aliphatic rings. The van der Waals surface area contributed by atoms with E-state index in [2.05, 4.69) is 10.1 Å². The highest BCUT2D eigenvalue weighted by molar-refractivity contribution is 5.88. The van der Waals surface area contributed by atoms with E-state index in [4.69, 9.17) is 5.21 Å². The molecule has 15 heavy (non-hydrogen) atoms. The van der Waals surface area contributed by atoms with Crippen LogP contribution in [-0.4, -0.2) is 16.4 Å². The van der Waals surface area contributed by atoms with Gasteiger partial charge in [-0.1, -0.05) is 35.5 Å². The second-order valence-corrected chi connectivity index (χ2v) is 3.05. The number of benzene rings is 1. The smallest absolute Gasteiger partial charge is 0.0790 e. The number of nitrogens with zero attached hydrogens (tertiary/aromatic N) is 2. The summed E-state index contributed by atoms with van der Waals surface area (Å²) in [6.07, 6.45) is 3.10. The molecule has 0 unspecified atom stereocenters. The third-order valence-corrected chi connectivity index (χ3v) is 2.08. The molecule has 1 N–H and O–H groups in total. The van der Waals surface area contributed by atoms with Gasteiger partial charge >= 0.3 is 0 Å². The molecule has 3 nitrogen and oxygen atoms in total. The Labute approximate surface area is 87.7 Å². The zero-order chi connectivity index (χ0) is 10.5. The molecule has 3 heteroatoms. The van der Waals surface area contributed by atoms with Crippen molar-refractivity contribution in [2.24, 2.45) is 5.16 Å². The minimum Gasteiger partial charge on any atom is -0.411 e. The van der Waals surface area contributed by atoms with E-state index in [-0.39, 0.29) is 0 Å². The molecule has 0 aliphatic carbocycles. The van der Waals surface area contributed by atoms with Gasteiger partial charge in [-0.3, -0.25) is 4.98 Å². The zero-order valence-corrected chi connectivity index (χ0v) is 8.04. The minimum absolute atomic E-state index is 0.797. The van der Waals surface area contributed by atoms with Gasteiger partial charge in [-0.05, 0) is 12.1 Å². The lowest BCUT2D eigenvalue weighted by atomic mass is 10.1. The topological polar surface area (TPSA) is 45.5 Å². The largest absolute Gasteiger partial charge is 0.411 e. The van der Waals surface area contributed by atoms with Crippen LogP contribution in [0.1, 0.15) is 5.56 Å². The molecule has 74 valence electrons. The maximum atomic E-state index is 8.53. The highest BCUT2D eigenvalue weighted by Crippen LogP contribution is 2.18. The van der Waals surface area contributed by atoms with Gasteiger partial charge in [0, 0.05) is 17.3 Å². The highest BCUT2D eigenvalue weighted by Gasteiger charge is 2.02. The first-order chi connectivity index (χ1) is 7.42. The van der Waals surface area contributed by atoms with Gasteiger partial charge in [0.2, 0.25) is 0 Å². The Bertz CT molecular complexity index is 466. The summed E-state index contributed by atoms with van der Waals surface area (Å²) in [6, 6.07) is 13.5. The summed E-state index contributed by atoms with van der Waals surface area (Å²) in [4.78, 5) is 4.27. The van der Waals surface area contributed by atoms with Crippen LogP contribution in [0, 0.1) is 0 Å². The molecular formula is C12H10N2O. The molecular weight excluding hydrogens is 188 g/mol. The van der Waals surface area contributed by atoms with Crippen molar-refractivity contribution in [3.63, 3.8) is 0 Å². The van der Waals surface area contributed by atoms with Crippen LogP contribution in [0.15, 0.2) is 53.8 Å². The van der Waals surface area contributed by atoms with Crippen LogP contribution < -0.4 is 0 Å². The van der Waals surface area contributed by atoms with Gasteiger partial charge in [-0.15, -0.1) is 0 Å². The van der Waals surface area contributed by atoms with E-state index in [1.54, 1.807) is 6.20 Å². The molecule has 0 spiro atoms. The van der Waals surface area contributed by atoms with Gasteiger partial charge in [0.05, 0.1) is 11.9 Å². The fourth-order valence-corrected chi connectivity index (χ4v) is 1.42. The maximum absolute atomic E-state index is 8.53. The summed E-state index contributed by atoms with van der Waals surface area (Å²) in [5.41, 5.74) is 2.62. The number of rotatable bonds is 2. The third-order valence-electron chi connectivity index (χ3n) is 2.08. The number of pyridine rings is 1. The van der Waals surface area contributed by atoms with Crippen molar-refractivity contribution >= 4 is 6.21 Å². The summed E-state index contributed by atoms with van der Waals surface area (Å²) in [5, 5.41) is 11.6. The Kier molecular flexibility index (Phi) is 2.74. The molecule has 0 saturated carbocycles. The molecule has 1 aromatic heterocycles. The van der Waals surface area contributed by atoms with Crippen molar-refractivity contribution in [3.05, 3.63) is 54.2 Å². The normalized spacial score (nSPS) is 10.7. The van der Waals surface area contributed by atoms with Crippen LogP contribution in [0.3, 0.4) is 0 Å². The Morgan fingerprint density at radius 3 is 2.60 bits per heavy atom. The first-order valence-corrected chi connectivity index (χ1v) is 4.59. The lowest BCUT2D eigenvalue weighted by Gasteiger charge is -2.03. The lowest BCUT2D eigenvalue weighted by Crippen LogP contribution is -1.90. The van der Waals surface area contributed by atoms with E-state index in [1.807, 2.05) is 42.5 Å². The van der Waals surface area contributed by atoms with E-state index in [0.29, 0.717) is 0 Å². The number of aromatic nitrogens is 1. The molecule has 2 rings (SSSR count). The Balaban J connectivity index is 2.53. The third kappa shape index (κ3) is 2.02. The first kappa shape index (κ1) is 9.40. The van der Waals surface area contributed by atoms with Gasteiger partial charge in [-0.2, -0.15) is 0 Å². The predicted molar refractivity (Wildman–Crippen MR) is 59.1 cm³/mol. The molecule has 1 heterocycles. The average molecular weight is 198 g/mol. The van der Waals surface area contributed by atoms with Crippen molar-refractivity contribution < 1.29 is 5.21 Å². The monoisotopic (exact) mass is 198 g/mol. The second kappa shape index (κ2) is 4.37. The van der Waals surface area contributed by atoms with E-state index in [1.165, 1.54) is 6.21 Å². The van der Waals surface area contributed by atoms with E-state index < -0.39 is 0 Å². The van der Waals surface area contributed by atoms with Crippen LogP contribution in [0.2, 0.25) is 0 Å². The van der Waals surface area contributed by atoms with Gasteiger partial charge in [-0.25, -0.2) is 0 Å². The Morgan fingerprint density at radius 1 is 1.07 bits per heavy atom. The minimum atomic E-state index is 0.797. The highest BCUT2D eigenvalue weighted by atomic mass is 16.4. The Hall–Kier alpha value is -2.16. The summed E-state index contributed by atoms with van der Waals surface area (Å²) in [6.45, 7) is 0. The van der Waals surface area contributed by atoms with Gasteiger partial charge in [0.15, 0.2) is 0 Å². The van der Waals surface area contributed by atoms with Gasteiger partial charge in [0.25, 0.3) is 0 Å². The number of hydrogen-bond acceptors (Lipinski definition) is 3. The standard InChI is InChI=1S/C12H10N2O/c15-14-9-11-7-4-8-13-12(11)10-5-2-1-3-6-10/h1-9,15H/b14-9+. The summed E-state index contributed by atoms with van der Waals surface area (Å²) in [5.74, 6) is 0. The molecule has 0 saturated heterocycles. The lowest BCUT2D eigenvalue weighted by molar-refractivity contribution is 0.322. The summed E-state index contributed by atoms with van der Waals surface area (Å²) < 4.78 is 0. The van der Waals surface area contributed by atoms with Crippen molar-refractivity contribution in [1.29, 1.82) is 0 Å². The summed E-state index contributed by atoms with van der Waals surface area (Å²) >= 11 is 0. The number of oxime groups is 1. The van der Waals surface area contributed by atoms with Crippen molar-refractivity contribution in [3.8, 4) is 11.3 Å². The molecule has 1 aromatic carbocycles. The van der Waals surface area contributed by atoms with E-state index in [0.717, 1.165) is 16.8 Å². The average Bonchev–Trinajstić information content (AvgIpc) is 2.31. The second-order valence-electron chi connectivity index (χ2n) is 3.05. The van der Waals surface area contributed by atoms with Gasteiger partial charge < -0.3 is 5.21 Å². The van der Waals surface area contributed by atoms with Gasteiger partial charge in [0.1, 0.15) is 0 Å². The molecule has 0 amide bonds. The number of hydrogen-bond donors (Lipinski definition) is 1. The van der Waals surface area contributed by atoms with Crippen molar-refractivity contribution in [2.75, 3.05) is 0 Å². The van der Waals surface area contributed by atoms with Crippen LogP contribution in [0.4, 0.5) is 0 Å². The van der Waals surface area contributed by atoms with Crippen LogP contribution in [0.5, 0.6) is 0 Å². The molecule has 0 bridgehead atoms. The molecule has 2 aromatic rings. The van der Waals surface area contributed by atoms with Crippen molar-refractivity contribution in [2.45, 2.75) is 0 Å². The molecule has 0 atom stereocenters. The van der Waals surface area contributed by atoms with Crippen LogP contribution in [-0.2, 0) is 0 Å². The predicted octanol–water partition coefficient (Wildman–Crippen LogP) is 2.56.